The van der Waals surface area contributed by atoms with Gasteiger partial charge in [0, 0.05) is 12.4 Å². The van der Waals surface area contributed by atoms with Crippen molar-refractivity contribution < 1.29 is 4.79 Å². The molecule has 1 aromatic heterocycles. The summed E-state index contributed by atoms with van der Waals surface area (Å²) < 4.78 is 3.81. The lowest BCUT2D eigenvalue weighted by molar-refractivity contribution is -0.122. The number of hydrogen-bond donors (Lipinski definition) is 2. The molecule has 0 fully saturated rings. The van der Waals surface area contributed by atoms with Crippen molar-refractivity contribution in [2.75, 3.05) is 0 Å². The van der Waals surface area contributed by atoms with Gasteiger partial charge in [-0.1, -0.05) is 12.8 Å². The molecule has 1 heterocycles. The van der Waals surface area contributed by atoms with Gasteiger partial charge < -0.3 is 4.72 Å². The van der Waals surface area contributed by atoms with E-state index in [0.29, 0.717) is 0 Å². The highest BCUT2D eigenvalue weighted by molar-refractivity contribution is 7.78. The Bertz CT molecular complexity index is 234. The highest BCUT2D eigenvalue weighted by Crippen LogP contribution is 2.02. The second kappa shape index (κ2) is 3.43. The van der Waals surface area contributed by atoms with Gasteiger partial charge in [0.25, 0.3) is 5.91 Å². The SMILES string of the molecule is CC(C(=O)NS)n1cccn1. The smallest absolute Gasteiger partial charge is 0.254 e. The molecule has 1 unspecified atom stereocenters. The van der Waals surface area contributed by atoms with Crippen LogP contribution < -0.4 is 4.72 Å². The minimum absolute atomic E-state index is 0.169. The van der Waals surface area contributed by atoms with Crippen LogP contribution in [-0.2, 0) is 4.79 Å². The number of rotatable bonds is 2. The lowest BCUT2D eigenvalue weighted by Gasteiger charge is -2.08. The van der Waals surface area contributed by atoms with Crippen molar-refractivity contribution in [3.8, 4) is 0 Å². The zero-order chi connectivity index (χ0) is 8.27. The summed E-state index contributed by atoms with van der Waals surface area (Å²) in [5.74, 6) is -0.169. The largest absolute Gasteiger partial charge is 0.301 e. The molecule has 1 rings (SSSR count). The van der Waals surface area contributed by atoms with Gasteiger partial charge in [0.1, 0.15) is 6.04 Å². The van der Waals surface area contributed by atoms with Crippen molar-refractivity contribution >= 4 is 18.7 Å². The third-order valence-corrected chi connectivity index (χ3v) is 1.63. The highest BCUT2D eigenvalue weighted by atomic mass is 32.1. The summed E-state index contributed by atoms with van der Waals surface area (Å²) in [6, 6.07) is 1.46. The minimum Gasteiger partial charge on any atom is -0.301 e. The van der Waals surface area contributed by atoms with Gasteiger partial charge in [0.15, 0.2) is 0 Å². The number of amides is 1. The predicted octanol–water partition coefficient (Wildman–Crippen LogP) is 0.405. The van der Waals surface area contributed by atoms with E-state index in [2.05, 4.69) is 22.6 Å². The molecular formula is C6H9N3OS. The van der Waals surface area contributed by atoms with Crippen LogP contribution in [0.2, 0.25) is 0 Å². The summed E-state index contributed by atoms with van der Waals surface area (Å²) in [5, 5.41) is 3.91. The quantitative estimate of drug-likeness (QED) is 0.633. The van der Waals surface area contributed by atoms with E-state index < -0.39 is 0 Å². The first-order valence-corrected chi connectivity index (χ1v) is 3.63. The molecule has 5 heteroatoms. The number of carbonyl (C=O) groups excluding carboxylic acids is 1. The Balaban J connectivity index is 2.70. The zero-order valence-electron chi connectivity index (χ0n) is 6.06. The number of nitrogens with zero attached hydrogens (tertiary/aromatic N) is 2. The minimum atomic E-state index is -0.303. The molecule has 1 N–H and O–H groups in total. The summed E-state index contributed by atoms with van der Waals surface area (Å²) >= 11 is 3.65. The number of aromatic nitrogens is 2. The average molecular weight is 171 g/mol. The van der Waals surface area contributed by atoms with Crippen LogP contribution >= 0.6 is 12.8 Å². The van der Waals surface area contributed by atoms with Crippen molar-refractivity contribution in [2.24, 2.45) is 0 Å². The van der Waals surface area contributed by atoms with Crippen LogP contribution in [0.5, 0.6) is 0 Å². The van der Waals surface area contributed by atoms with Gasteiger partial charge in [-0.3, -0.25) is 9.48 Å². The van der Waals surface area contributed by atoms with Gasteiger partial charge >= 0.3 is 0 Å². The van der Waals surface area contributed by atoms with Crippen molar-refractivity contribution in [1.82, 2.24) is 14.5 Å². The van der Waals surface area contributed by atoms with Crippen LogP contribution in [0.4, 0.5) is 0 Å². The molecule has 0 aliphatic heterocycles. The Morgan fingerprint density at radius 3 is 3.00 bits per heavy atom. The van der Waals surface area contributed by atoms with E-state index in [1.165, 1.54) is 0 Å². The monoisotopic (exact) mass is 171 g/mol. The Hall–Kier alpha value is -0.970. The fourth-order valence-electron chi connectivity index (χ4n) is 0.723. The number of nitrogens with one attached hydrogen (secondary N) is 1. The summed E-state index contributed by atoms with van der Waals surface area (Å²) in [7, 11) is 0. The van der Waals surface area contributed by atoms with E-state index in [0.717, 1.165) is 0 Å². The molecule has 60 valence electrons. The van der Waals surface area contributed by atoms with E-state index in [4.69, 9.17) is 0 Å². The Labute approximate surface area is 70.1 Å². The molecule has 0 radical (unpaired) electrons. The van der Waals surface area contributed by atoms with Crippen molar-refractivity contribution in [3.63, 3.8) is 0 Å². The van der Waals surface area contributed by atoms with E-state index in [1.807, 2.05) is 0 Å². The molecular weight excluding hydrogens is 162 g/mol. The number of carbonyl (C=O) groups is 1. The average Bonchev–Trinajstić information content (AvgIpc) is 2.53. The van der Waals surface area contributed by atoms with Crippen molar-refractivity contribution in [2.45, 2.75) is 13.0 Å². The van der Waals surface area contributed by atoms with Gasteiger partial charge in [0.2, 0.25) is 0 Å². The fraction of sp³-hybridized carbons (Fsp3) is 0.333. The van der Waals surface area contributed by atoms with Gasteiger partial charge in [-0.2, -0.15) is 5.10 Å². The molecule has 1 aromatic rings. The molecule has 0 saturated carbocycles. The highest BCUT2D eigenvalue weighted by Gasteiger charge is 2.12. The fourth-order valence-corrected chi connectivity index (χ4v) is 0.910. The number of hydrogen-bond acceptors (Lipinski definition) is 3. The van der Waals surface area contributed by atoms with Gasteiger partial charge in [-0.05, 0) is 13.0 Å². The number of thiol groups is 1. The van der Waals surface area contributed by atoms with E-state index in [9.17, 15) is 4.79 Å². The topological polar surface area (TPSA) is 46.9 Å². The summed E-state index contributed by atoms with van der Waals surface area (Å²) in [6.07, 6.45) is 3.36. The molecule has 1 atom stereocenters. The van der Waals surface area contributed by atoms with Gasteiger partial charge in [-0.15, -0.1) is 0 Å². The summed E-state index contributed by atoms with van der Waals surface area (Å²) in [6.45, 7) is 1.75. The zero-order valence-corrected chi connectivity index (χ0v) is 6.95. The molecule has 1 amide bonds. The van der Waals surface area contributed by atoms with Gasteiger partial charge in [0.05, 0.1) is 0 Å². The molecule has 0 saturated heterocycles. The van der Waals surface area contributed by atoms with E-state index in [-0.39, 0.29) is 11.9 Å². The first kappa shape index (κ1) is 8.13. The molecule has 11 heavy (non-hydrogen) atoms. The lowest BCUT2D eigenvalue weighted by Crippen LogP contribution is -2.24. The van der Waals surface area contributed by atoms with E-state index in [1.54, 1.807) is 30.1 Å². The Morgan fingerprint density at radius 1 is 1.82 bits per heavy atom. The normalized spacial score (nSPS) is 12.5. The molecule has 4 nitrogen and oxygen atoms in total. The predicted molar refractivity (Wildman–Crippen MR) is 44.1 cm³/mol. The summed E-state index contributed by atoms with van der Waals surface area (Å²) in [4.78, 5) is 11.0. The molecule has 0 spiro atoms. The maximum atomic E-state index is 11.0. The van der Waals surface area contributed by atoms with Crippen molar-refractivity contribution in [3.05, 3.63) is 18.5 Å². The van der Waals surface area contributed by atoms with Crippen LogP contribution in [0.1, 0.15) is 13.0 Å². The van der Waals surface area contributed by atoms with Crippen LogP contribution in [0, 0.1) is 0 Å². The molecule has 0 bridgehead atoms. The lowest BCUT2D eigenvalue weighted by atomic mass is 10.3. The molecule has 0 aliphatic carbocycles. The van der Waals surface area contributed by atoms with E-state index >= 15 is 0 Å². The van der Waals surface area contributed by atoms with Crippen LogP contribution in [0.25, 0.3) is 0 Å². The van der Waals surface area contributed by atoms with Crippen LogP contribution in [0.3, 0.4) is 0 Å². The van der Waals surface area contributed by atoms with Crippen LogP contribution in [-0.4, -0.2) is 15.7 Å². The van der Waals surface area contributed by atoms with Crippen LogP contribution in [0.15, 0.2) is 18.5 Å². The third kappa shape index (κ3) is 1.74. The van der Waals surface area contributed by atoms with Gasteiger partial charge in [-0.25, -0.2) is 0 Å². The maximum Gasteiger partial charge on any atom is 0.254 e. The first-order valence-electron chi connectivity index (χ1n) is 3.19. The molecule has 0 aliphatic rings. The Morgan fingerprint density at radius 2 is 2.55 bits per heavy atom. The van der Waals surface area contributed by atoms with Crippen molar-refractivity contribution in [1.29, 1.82) is 0 Å². The second-order valence-electron chi connectivity index (χ2n) is 2.14. The maximum absolute atomic E-state index is 11.0. The third-order valence-electron chi connectivity index (χ3n) is 1.41. The summed E-state index contributed by atoms with van der Waals surface area (Å²) in [5.41, 5.74) is 0. The second-order valence-corrected chi connectivity index (χ2v) is 2.36. The standard InChI is InChI=1S/C6H9N3OS/c1-5(6(10)8-11)9-4-2-3-7-9/h2-5,11H,1H3,(H,8,10). The Kier molecular flexibility index (Phi) is 2.53. The molecule has 0 aromatic carbocycles. The first-order chi connectivity index (χ1) is 5.25.